The molecule has 1 atom stereocenters. The Bertz CT molecular complexity index is 899. The molecule has 0 spiro atoms. The highest BCUT2D eigenvalue weighted by Crippen LogP contribution is 2.15. The van der Waals surface area contributed by atoms with Crippen molar-refractivity contribution in [1.29, 1.82) is 0 Å². The van der Waals surface area contributed by atoms with Crippen LogP contribution in [0.2, 0.25) is 0 Å². The van der Waals surface area contributed by atoms with Crippen molar-refractivity contribution in [3.63, 3.8) is 0 Å². The van der Waals surface area contributed by atoms with E-state index >= 15 is 0 Å². The van der Waals surface area contributed by atoms with E-state index in [0.29, 0.717) is 43.3 Å². The molecular formula is C34H63N3O6. The van der Waals surface area contributed by atoms with Gasteiger partial charge in [0.15, 0.2) is 6.29 Å². The number of anilines is 2. The van der Waals surface area contributed by atoms with Crippen LogP contribution in [0.5, 0.6) is 0 Å². The van der Waals surface area contributed by atoms with Gasteiger partial charge < -0.3 is 30.5 Å². The molecule has 0 aliphatic carbocycles. The van der Waals surface area contributed by atoms with Crippen molar-refractivity contribution in [2.75, 3.05) is 50.5 Å². The summed E-state index contributed by atoms with van der Waals surface area (Å²) in [6.45, 7) is 8.57. The Morgan fingerprint density at radius 2 is 1.28 bits per heavy atom. The van der Waals surface area contributed by atoms with Crippen LogP contribution < -0.4 is 21.5 Å². The number of carbonyl (C=O) groups is 1. The lowest BCUT2D eigenvalue weighted by Gasteiger charge is -2.23. The van der Waals surface area contributed by atoms with E-state index in [1.807, 2.05) is 0 Å². The Kier molecular flexibility index (Phi) is 23.0. The van der Waals surface area contributed by atoms with Gasteiger partial charge in [-0.1, -0.05) is 84.5 Å². The van der Waals surface area contributed by atoms with Crippen LogP contribution in [0.1, 0.15) is 136 Å². The topological polar surface area (TPSA) is 128 Å². The normalized spacial score (nSPS) is 12.3. The lowest BCUT2D eigenvalue weighted by Crippen LogP contribution is -2.37. The van der Waals surface area contributed by atoms with Crippen molar-refractivity contribution in [2.24, 2.45) is 5.92 Å². The molecule has 0 aliphatic rings. The van der Waals surface area contributed by atoms with Crippen LogP contribution in [-0.4, -0.2) is 67.2 Å². The zero-order chi connectivity index (χ0) is 31.7. The maximum atomic E-state index is 12.1. The maximum absolute atomic E-state index is 12.1. The summed E-state index contributed by atoms with van der Waals surface area (Å²) >= 11 is 0. The third-order valence-corrected chi connectivity index (χ3v) is 8.23. The Morgan fingerprint density at radius 3 is 1.91 bits per heavy atom. The van der Waals surface area contributed by atoms with E-state index < -0.39 is 17.1 Å². The summed E-state index contributed by atoms with van der Waals surface area (Å²) in [4.78, 5) is 38.0. The first-order valence-electron chi connectivity index (χ1n) is 17.3. The van der Waals surface area contributed by atoms with E-state index in [1.54, 1.807) is 7.05 Å². The van der Waals surface area contributed by atoms with Crippen molar-refractivity contribution in [3.8, 4) is 0 Å². The van der Waals surface area contributed by atoms with Gasteiger partial charge in [-0.25, -0.2) is 0 Å². The fraction of sp³-hybridized carbons (Fsp3) is 0.853. The van der Waals surface area contributed by atoms with Gasteiger partial charge in [-0.2, -0.15) is 0 Å². The highest BCUT2D eigenvalue weighted by molar-refractivity contribution is 5.73. The molecule has 0 saturated carbocycles. The zero-order valence-corrected chi connectivity index (χ0v) is 27.6. The smallest absolute Gasteiger partial charge is 0.305 e. The van der Waals surface area contributed by atoms with Crippen LogP contribution in [-0.2, 0) is 9.53 Å². The third-order valence-electron chi connectivity index (χ3n) is 8.23. The lowest BCUT2D eigenvalue weighted by atomic mass is 10.0. The molecular weight excluding hydrogens is 546 g/mol. The number of nitrogens with one attached hydrogen (secondary N) is 2. The summed E-state index contributed by atoms with van der Waals surface area (Å²) in [6, 6.07) is 0. The highest BCUT2D eigenvalue weighted by Gasteiger charge is 2.19. The monoisotopic (exact) mass is 609 g/mol. The van der Waals surface area contributed by atoms with Gasteiger partial charge in [0, 0.05) is 20.0 Å². The molecule has 9 heteroatoms. The van der Waals surface area contributed by atoms with Gasteiger partial charge in [0.1, 0.15) is 11.4 Å². The third kappa shape index (κ3) is 19.1. The van der Waals surface area contributed by atoms with E-state index in [1.165, 1.54) is 32.1 Å². The molecule has 0 amide bonds. The average Bonchev–Trinajstić information content (AvgIpc) is 2.99. The number of esters is 1. The van der Waals surface area contributed by atoms with Gasteiger partial charge in [-0.15, -0.1) is 0 Å². The fourth-order valence-electron chi connectivity index (χ4n) is 5.47. The van der Waals surface area contributed by atoms with Gasteiger partial charge in [0.05, 0.1) is 6.61 Å². The number of nitrogens with zero attached hydrogens (tertiary/aromatic N) is 1. The molecule has 1 unspecified atom stereocenters. The van der Waals surface area contributed by atoms with E-state index in [-0.39, 0.29) is 5.97 Å². The Hall–Kier alpha value is -1.97. The van der Waals surface area contributed by atoms with Crippen LogP contribution in [0, 0.1) is 5.92 Å². The number of aliphatic hydroxyl groups is 2. The molecule has 9 nitrogen and oxygen atoms in total. The van der Waals surface area contributed by atoms with Gasteiger partial charge in [-0.3, -0.25) is 14.4 Å². The summed E-state index contributed by atoms with van der Waals surface area (Å²) in [5, 5.41) is 23.9. The van der Waals surface area contributed by atoms with Crippen molar-refractivity contribution >= 4 is 17.3 Å². The minimum absolute atomic E-state index is 0.0595. The molecule has 250 valence electrons. The lowest BCUT2D eigenvalue weighted by molar-refractivity contribution is -0.145. The van der Waals surface area contributed by atoms with E-state index in [9.17, 15) is 14.4 Å². The van der Waals surface area contributed by atoms with E-state index in [4.69, 9.17) is 14.9 Å². The predicted molar refractivity (Wildman–Crippen MR) is 178 cm³/mol. The number of ether oxygens (including phenoxy) is 1. The first-order chi connectivity index (χ1) is 20.8. The summed E-state index contributed by atoms with van der Waals surface area (Å²) in [5.74, 6) is 0.383. The molecule has 0 radical (unpaired) electrons. The van der Waals surface area contributed by atoms with Crippen LogP contribution in [0.25, 0.3) is 0 Å². The molecule has 0 saturated heterocycles. The number of unbranched alkanes of at least 4 members (excludes halogenated alkanes) is 12. The first-order valence-corrected chi connectivity index (χ1v) is 17.3. The molecule has 0 bridgehead atoms. The van der Waals surface area contributed by atoms with Gasteiger partial charge in [0.2, 0.25) is 0 Å². The molecule has 1 aromatic rings. The zero-order valence-electron chi connectivity index (χ0n) is 27.6. The number of hydrogen-bond acceptors (Lipinski definition) is 9. The second kappa shape index (κ2) is 25.4. The summed E-state index contributed by atoms with van der Waals surface area (Å²) in [6.07, 6.45) is 18.7. The van der Waals surface area contributed by atoms with Crippen molar-refractivity contribution in [1.82, 2.24) is 4.90 Å². The van der Waals surface area contributed by atoms with Crippen molar-refractivity contribution in [3.05, 3.63) is 20.4 Å². The SMILES string of the molecule is CCCCCCCC(C)COC(=O)CCCCCCCN(CCCCCCCC(O)O)CCCNc1c(NC)c(=O)c1=O. The van der Waals surface area contributed by atoms with Gasteiger partial charge in [0.25, 0.3) is 10.9 Å². The van der Waals surface area contributed by atoms with Crippen molar-refractivity contribution in [2.45, 2.75) is 142 Å². The summed E-state index contributed by atoms with van der Waals surface area (Å²) in [7, 11) is 1.65. The van der Waals surface area contributed by atoms with Crippen LogP contribution >= 0.6 is 0 Å². The molecule has 0 fully saturated rings. The Balaban J connectivity index is 2.22. The second-order valence-electron chi connectivity index (χ2n) is 12.3. The minimum Gasteiger partial charge on any atom is -0.465 e. The average molecular weight is 610 g/mol. The summed E-state index contributed by atoms with van der Waals surface area (Å²) in [5.41, 5.74) is -0.101. The van der Waals surface area contributed by atoms with Crippen LogP contribution in [0.3, 0.4) is 0 Å². The van der Waals surface area contributed by atoms with Crippen molar-refractivity contribution < 1.29 is 19.7 Å². The molecule has 1 aromatic carbocycles. The predicted octanol–water partition coefficient (Wildman–Crippen LogP) is 5.96. The van der Waals surface area contributed by atoms with E-state index in [2.05, 4.69) is 29.4 Å². The van der Waals surface area contributed by atoms with Crippen LogP contribution in [0.4, 0.5) is 11.4 Å². The largest absolute Gasteiger partial charge is 0.465 e. The van der Waals surface area contributed by atoms with Crippen LogP contribution in [0.15, 0.2) is 9.59 Å². The van der Waals surface area contributed by atoms with Gasteiger partial charge >= 0.3 is 5.97 Å². The number of carbonyl (C=O) groups excluding carboxylic acids is 1. The summed E-state index contributed by atoms with van der Waals surface area (Å²) < 4.78 is 5.50. The number of aliphatic hydroxyl groups excluding tert-OH is 1. The number of hydrogen-bond donors (Lipinski definition) is 4. The molecule has 43 heavy (non-hydrogen) atoms. The van der Waals surface area contributed by atoms with E-state index in [0.717, 1.165) is 96.7 Å². The Labute approximate surface area is 260 Å². The maximum Gasteiger partial charge on any atom is 0.305 e. The standard InChI is InChI=1S/C34H63N3O6/c1-4-5-6-9-14-20-28(2)27-43-30(40)22-16-11-8-13-18-25-37(24-17-12-7-10-15-21-29(38)39)26-19-23-36-32-31(35-3)33(41)34(32)42/h28-29,35-36,38-39H,4-27H2,1-3H3. The molecule has 0 heterocycles. The molecule has 0 aliphatic heterocycles. The second-order valence-corrected chi connectivity index (χ2v) is 12.3. The highest BCUT2D eigenvalue weighted by atomic mass is 16.5. The molecule has 4 N–H and O–H groups in total. The fourth-order valence-corrected chi connectivity index (χ4v) is 5.47. The minimum atomic E-state index is -1.20. The molecule has 1 rings (SSSR count). The quantitative estimate of drug-likeness (QED) is 0.0361. The van der Waals surface area contributed by atoms with Gasteiger partial charge in [-0.05, 0) is 70.5 Å². The number of rotatable bonds is 30. The first kappa shape index (κ1) is 39.1. The molecule has 0 aromatic heterocycles. The Morgan fingerprint density at radius 1 is 0.744 bits per heavy atom.